The Morgan fingerprint density at radius 2 is 2.21 bits per heavy atom. The molecule has 2 aliphatic heterocycles. The third-order valence-electron chi connectivity index (χ3n) is 4.46. The van der Waals surface area contributed by atoms with E-state index >= 15 is 0 Å². The Hall–Kier alpha value is -1.22. The molecule has 0 saturated carbocycles. The van der Waals surface area contributed by atoms with Gasteiger partial charge >= 0.3 is 0 Å². The van der Waals surface area contributed by atoms with Crippen LogP contribution < -0.4 is 10.1 Å². The number of fused-ring (bicyclic) bond motifs is 1. The summed E-state index contributed by atoms with van der Waals surface area (Å²) in [6, 6.07) is 7.75. The zero-order valence-electron chi connectivity index (χ0n) is 12.0. The molecular weight excluding hydrogens is 236 g/mol. The number of nitrogens with zero attached hydrogens (tertiary/aromatic N) is 1. The third-order valence-corrected chi connectivity index (χ3v) is 4.46. The molecular formula is C16H24N2O. The Morgan fingerprint density at radius 3 is 3.00 bits per heavy atom. The molecule has 0 bridgehead atoms. The molecule has 0 amide bonds. The van der Waals surface area contributed by atoms with Crippen LogP contribution in [0.1, 0.15) is 31.7 Å². The lowest BCUT2D eigenvalue weighted by Gasteiger charge is -2.23. The van der Waals surface area contributed by atoms with Gasteiger partial charge in [0.2, 0.25) is 0 Å². The second kappa shape index (κ2) is 5.41. The van der Waals surface area contributed by atoms with Crippen molar-refractivity contribution in [3.63, 3.8) is 0 Å². The molecule has 1 aromatic carbocycles. The highest BCUT2D eigenvalue weighted by Crippen LogP contribution is 2.31. The lowest BCUT2D eigenvalue weighted by molar-refractivity contribution is 0.318. The van der Waals surface area contributed by atoms with Crippen LogP contribution in [-0.2, 0) is 0 Å². The highest BCUT2D eigenvalue weighted by molar-refractivity contribution is 5.54. The minimum absolute atomic E-state index is 0.624. The summed E-state index contributed by atoms with van der Waals surface area (Å²) in [7, 11) is 0. The maximum absolute atomic E-state index is 5.55. The summed E-state index contributed by atoms with van der Waals surface area (Å²) < 4.78 is 5.55. The molecule has 0 radical (unpaired) electrons. The second-order valence-corrected chi connectivity index (χ2v) is 5.69. The molecule has 19 heavy (non-hydrogen) atoms. The Morgan fingerprint density at radius 1 is 1.32 bits per heavy atom. The topological polar surface area (TPSA) is 24.5 Å². The summed E-state index contributed by atoms with van der Waals surface area (Å²) in [5, 5.41) is 3.75. The first-order valence-corrected chi connectivity index (χ1v) is 7.52. The smallest absolute Gasteiger partial charge is 0.119 e. The van der Waals surface area contributed by atoms with Crippen LogP contribution in [0.4, 0.5) is 5.69 Å². The van der Waals surface area contributed by atoms with Crippen LogP contribution in [0.5, 0.6) is 5.75 Å². The highest BCUT2D eigenvalue weighted by Gasteiger charge is 2.37. The van der Waals surface area contributed by atoms with Crippen molar-refractivity contribution in [3.8, 4) is 5.75 Å². The third kappa shape index (κ3) is 2.57. The first-order chi connectivity index (χ1) is 9.28. The van der Waals surface area contributed by atoms with Crippen molar-refractivity contribution in [2.75, 3.05) is 25.0 Å². The number of ether oxygens (including phenoxy) is 1. The molecule has 2 atom stereocenters. The second-order valence-electron chi connectivity index (χ2n) is 5.69. The van der Waals surface area contributed by atoms with Crippen molar-refractivity contribution in [1.82, 2.24) is 4.90 Å². The fourth-order valence-corrected chi connectivity index (χ4v) is 3.51. The molecule has 1 aromatic rings. The van der Waals surface area contributed by atoms with E-state index < -0.39 is 0 Å². The number of anilines is 1. The van der Waals surface area contributed by atoms with E-state index in [9.17, 15) is 0 Å². The normalized spacial score (nSPS) is 26.4. The van der Waals surface area contributed by atoms with Gasteiger partial charge in [-0.15, -0.1) is 0 Å². The number of hydrogen-bond acceptors (Lipinski definition) is 3. The molecule has 0 aliphatic carbocycles. The summed E-state index contributed by atoms with van der Waals surface area (Å²) in [5.41, 5.74) is 2.55. The molecule has 3 heteroatoms. The monoisotopic (exact) mass is 260 g/mol. The summed E-state index contributed by atoms with van der Waals surface area (Å²) >= 11 is 0. The van der Waals surface area contributed by atoms with Gasteiger partial charge in [0, 0.05) is 24.3 Å². The Labute approximate surface area is 115 Å². The van der Waals surface area contributed by atoms with Crippen LogP contribution in [0.15, 0.2) is 18.2 Å². The van der Waals surface area contributed by atoms with Gasteiger partial charge in [0.15, 0.2) is 0 Å². The van der Waals surface area contributed by atoms with Crippen LogP contribution in [0.3, 0.4) is 0 Å². The zero-order valence-corrected chi connectivity index (χ0v) is 12.0. The molecule has 3 nitrogen and oxygen atoms in total. The minimum atomic E-state index is 0.624. The van der Waals surface area contributed by atoms with Gasteiger partial charge in [0.25, 0.3) is 0 Å². The van der Waals surface area contributed by atoms with Crippen molar-refractivity contribution in [2.24, 2.45) is 0 Å². The quantitative estimate of drug-likeness (QED) is 0.900. The van der Waals surface area contributed by atoms with Gasteiger partial charge in [-0.25, -0.2) is 0 Å². The molecule has 2 unspecified atom stereocenters. The molecule has 1 N–H and O–H groups in total. The van der Waals surface area contributed by atoms with Crippen molar-refractivity contribution < 1.29 is 4.74 Å². The number of rotatable bonds is 4. The Balaban J connectivity index is 1.69. The summed E-state index contributed by atoms with van der Waals surface area (Å²) in [6.07, 6.45) is 4.00. The first kappa shape index (κ1) is 12.8. The maximum Gasteiger partial charge on any atom is 0.119 e. The van der Waals surface area contributed by atoms with E-state index in [0.29, 0.717) is 6.04 Å². The standard InChI is InChI=1S/C16H24N2O/c1-3-19-13-6-7-14(12(2)11-13)17-15-8-10-18-9-4-5-16(15)18/h6-7,11,15-17H,3-5,8-10H2,1-2H3. The van der Waals surface area contributed by atoms with E-state index in [2.05, 4.69) is 35.3 Å². The number of benzene rings is 1. The summed E-state index contributed by atoms with van der Waals surface area (Å²) in [5.74, 6) is 0.972. The van der Waals surface area contributed by atoms with Crippen molar-refractivity contribution in [2.45, 2.75) is 45.2 Å². The Kier molecular flexibility index (Phi) is 3.65. The van der Waals surface area contributed by atoms with Crippen LogP contribution in [-0.4, -0.2) is 36.7 Å². The highest BCUT2D eigenvalue weighted by atomic mass is 16.5. The number of nitrogens with one attached hydrogen (secondary N) is 1. The van der Waals surface area contributed by atoms with E-state index in [-0.39, 0.29) is 0 Å². The van der Waals surface area contributed by atoms with Crippen molar-refractivity contribution >= 4 is 5.69 Å². The molecule has 2 aliphatic rings. The van der Waals surface area contributed by atoms with E-state index in [0.717, 1.165) is 18.4 Å². The van der Waals surface area contributed by atoms with Crippen molar-refractivity contribution in [3.05, 3.63) is 23.8 Å². The van der Waals surface area contributed by atoms with E-state index in [1.165, 1.54) is 43.6 Å². The van der Waals surface area contributed by atoms with Crippen molar-refractivity contribution in [1.29, 1.82) is 0 Å². The number of hydrogen-bond donors (Lipinski definition) is 1. The van der Waals surface area contributed by atoms with Gasteiger partial charge in [-0.1, -0.05) is 0 Å². The van der Waals surface area contributed by atoms with Gasteiger partial charge in [-0.05, 0) is 63.4 Å². The van der Waals surface area contributed by atoms with Gasteiger partial charge in [-0.2, -0.15) is 0 Å². The molecule has 0 spiro atoms. The average molecular weight is 260 g/mol. The van der Waals surface area contributed by atoms with Gasteiger partial charge in [0.1, 0.15) is 5.75 Å². The molecule has 2 heterocycles. The summed E-state index contributed by atoms with van der Waals surface area (Å²) in [6.45, 7) is 7.47. The van der Waals surface area contributed by atoms with E-state index in [4.69, 9.17) is 4.74 Å². The minimum Gasteiger partial charge on any atom is -0.494 e. The lowest BCUT2D eigenvalue weighted by atomic mass is 10.1. The van der Waals surface area contributed by atoms with Crippen LogP contribution >= 0.6 is 0 Å². The SMILES string of the molecule is CCOc1ccc(NC2CCN3CCCC23)c(C)c1. The van der Waals surface area contributed by atoms with E-state index in [1.807, 2.05) is 6.92 Å². The first-order valence-electron chi connectivity index (χ1n) is 7.52. The molecule has 104 valence electrons. The average Bonchev–Trinajstić information content (AvgIpc) is 2.97. The Bertz CT molecular complexity index is 446. The van der Waals surface area contributed by atoms with Gasteiger partial charge < -0.3 is 10.1 Å². The van der Waals surface area contributed by atoms with Gasteiger partial charge in [-0.3, -0.25) is 4.90 Å². The van der Waals surface area contributed by atoms with E-state index in [1.54, 1.807) is 0 Å². The molecule has 2 fully saturated rings. The molecule has 0 aromatic heterocycles. The zero-order chi connectivity index (χ0) is 13.2. The largest absolute Gasteiger partial charge is 0.494 e. The lowest BCUT2D eigenvalue weighted by Crippen LogP contribution is -2.33. The molecule has 3 rings (SSSR count). The maximum atomic E-state index is 5.55. The van der Waals surface area contributed by atoms with Crippen LogP contribution in [0, 0.1) is 6.92 Å². The fourth-order valence-electron chi connectivity index (χ4n) is 3.51. The number of aryl methyl sites for hydroxylation is 1. The van der Waals surface area contributed by atoms with Crippen LogP contribution in [0.2, 0.25) is 0 Å². The predicted octanol–water partition coefficient (Wildman–Crippen LogP) is 3.04. The summed E-state index contributed by atoms with van der Waals surface area (Å²) in [4.78, 5) is 2.64. The predicted molar refractivity (Wildman–Crippen MR) is 79.0 cm³/mol. The fraction of sp³-hybridized carbons (Fsp3) is 0.625. The van der Waals surface area contributed by atoms with Gasteiger partial charge in [0.05, 0.1) is 6.61 Å². The van der Waals surface area contributed by atoms with Crippen LogP contribution in [0.25, 0.3) is 0 Å². The molecule has 2 saturated heterocycles.